The summed E-state index contributed by atoms with van der Waals surface area (Å²) in [6.45, 7) is 2.45. The van der Waals surface area contributed by atoms with E-state index in [1.165, 1.54) is 0 Å². The number of sulfone groups is 1. The molecule has 104 valence electrons. The topological polar surface area (TPSA) is 66.5 Å². The summed E-state index contributed by atoms with van der Waals surface area (Å²) in [6.07, 6.45) is 2.51. The van der Waals surface area contributed by atoms with Crippen LogP contribution < -0.4 is 5.32 Å². The van der Waals surface area contributed by atoms with Gasteiger partial charge in [0.1, 0.15) is 0 Å². The second kappa shape index (κ2) is 5.57. The molecule has 2 aliphatic rings. The minimum Gasteiger partial charge on any atom is -0.356 e. The van der Waals surface area contributed by atoms with Gasteiger partial charge in [0.05, 0.1) is 11.5 Å². The molecule has 0 spiro atoms. The van der Waals surface area contributed by atoms with Gasteiger partial charge in [-0.05, 0) is 45.3 Å². The molecule has 1 atom stereocenters. The van der Waals surface area contributed by atoms with Gasteiger partial charge in [-0.15, -0.1) is 0 Å². The SMILES string of the molecule is CN1CCC(C(=O)NCC2CCS(=O)(=O)C2)CC1. The fourth-order valence-electron chi connectivity index (χ4n) is 2.69. The van der Waals surface area contributed by atoms with Gasteiger partial charge in [-0.3, -0.25) is 4.79 Å². The molecule has 2 aliphatic heterocycles. The molecule has 0 aliphatic carbocycles. The van der Waals surface area contributed by atoms with E-state index in [1.807, 2.05) is 0 Å². The summed E-state index contributed by atoms with van der Waals surface area (Å²) >= 11 is 0. The fraction of sp³-hybridized carbons (Fsp3) is 0.917. The van der Waals surface area contributed by atoms with Gasteiger partial charge in [-0.1, -0.05) is 0 Å². The van der Waals surface area contributed by atoms with E-state index in [1.54, 1.807) is 0 Å². The molecule has 0 aromatic carbocycles. The average Bonchev–Trinajstić information content (AvgIpc) is 2.67. The number of likely N-dealkylation sites (tertiary alicyclic amines) is 1. The molecule has 18 heavy (non-hydrogen) atoms. The Kier molecular flexibility index (Phi) is 4.27. The summed E-state index contributed by atoms with van der Waals surface area (Å²) in [5, 5.41) is 2.93. The number of rotatable bonds is 3. The maximum absolute atomic E-state index is 11.9. The Morgan fingerprint density at radius 2 is 1.94 bits per heavy atom. The third-order valence-corrected chi connectivity index (χ3v) is 5.82. The molecule has 1 unspecified atom stereocenters. The Balaban J connectivity index is 1.72. The first-order valence-corrected chi connectivity index (χ1v) is 8.45. The van der Waals surface area contributed by atoms with E-state index in [0.29, 0.717) is 13.0 Å². The van der Waals surface area contributed by atoms with E-state index in [4.69, 9.17) is 0 Å². The maximum atomic E-state index is 11.9. The standard InChI is InChI=1S/C12H22N2O3S/c1-14-5-2-11(3-6-14)12(15)13-8-10-4-7-18(16,17)9-10/h10-11H,2-9H2,1H3,(H,13,15). The van der Waals surface area contributed by atoms with Crippen LogP contribution in [0.4, 0.5) is 0 Å². The largest absolute Gasteiger partial charge is 0.356 e. The van der Waals surface area contributed by atoms with Gasteiger partial charge in [0.25, 0.3) is 0 Å². The zero-order valence-electron chi connectivity index (χ0n) is 10.9. The van der Waals surface area contributed by atoms with E-state index >= 15 is 0 Å². The second-order valence-electron chi connectivity index (χ2n) is 5.59. The zero-order chi connectivity index (χ0) is 13.2. The predicted octanol–water partition coefficient (Wildman–Crippen LogP) is -0.121. The summed E-state index contributed by atoms with van der Waals surface area (Å²) in [5.41, 5.74) is 0. The van der Waals surface area contributed by atoms with E-state index in [0.717, 1.165) is 25.9 Å². The number of piperidine rings is 1. The summed E-state index contributed by atoms with van der Waals surface area (Å²) in [7, 11) is -0.766. The molecule has 2 saturated heterocycles. The lowest BCUT2D eigenvalue weighted by Gasteiger charge is -2.28. The monoisotopic (exact) mass is 274 g/mol. The fourth-order valence-corrected chi connectivity index (χ4v) is 4.55. The first-order chi connectivity index (χ1) is 8.46. The van der Waals surface area contributed by atoms with Crippen molar-refractivity contribution >= 4 is 15.7 Å². The number of hydrogen-bond donors (Lipinski definition) is 1. The first-order valence-electron chi connectivity index (χ1n) is 6.63. The van der Waals surface area contributed by atoms with Crippen LogP contribution in [-0.4, -0.2) is 57.4 Å². The van der Waals surface area contributed by atoms with Crippen molar-refractivity contribution in [3.8, 4) is 0 Å². The minimum absolute atomic E-state index is 0.104. The van der Waals surface area contributed by atoms with Gasteiger partial charge in [-0.25, -0.2) is 8.42 Å². The highest BCUT2D eigenvalue weighted by Gasteiger charge is 2.29. The van der Waals surface area contributed by atoms with Crippen molar-refractivity contribution in [1.82, 2.24) is 10.2 Å². The van der Waals surface area contributed by atoms with Crippen LogP contribution >= 0.6 is 0 Å². The summed E-state index contributed by atoms with van der Waals surface area (Å²) in [4.78, 5) is 14.2. The highest BCUT2D eigenvalue weighted by Crippen LogP contribution is 2.19. The average molecular weight is 274 g/mol. The number of carbonyl (C=O) groups excluding carboxylic acids is 1. The van der Waals surface area contributed by atoms with Crippen molar-refractivity contribution < 1.29 is 13.2 Å². The summed E-state index contributed by atoms with van der Waals surface area (Å²) < 4.78 is 22.6. The molecule has 6 heteroatoms. The van der Waals surface area contributed by atoms with Crippen LogP contribution in [0, 0.1) is 11.8 Å². The minimum atomic E-state index is -2.83. The first kappa shape index (κ1) is 13.8. The number of nitrogens with zero attached hydrogens (tertiary/aromatic N) is 1. The third-order valence-electron chi connectivity index (χ3n) is 3.98. The van der Waals surface area contributed by atoms with Crippen molar-refractivity contribution in [2.75, 3.05) is 38.2 Å². The van der Waals surface area contributed by atoms with Crippen molar-refractivity contribution in [3.05, 3.63) is 0 Å². The van der Waals surface area contributed by atoms with Crippen LogP contribution in [0.1, 0.15) is 19.3 Å². The Bertz CT molecular complexity index is 400. The van der Waals surface area contributed by atoms with Crippen LogP contribution in [0.3, 0.4) is 0 Å². The molecule has 5 nitrogen and oxygen atoms in total. The van der Waals surface area contributed by atoms with Gasteiger partial charge in [0.2, 0.25) is 5.91 Å². The van der Waals surface area contributed by atoms with Gasteiger partial charge >= 0.3 is 0 Å². The van der Waals surface area contributed by atoms with Crippen LogP contribution in [0.5, 0.6) is 0 Å². The van der Waals surface area contributed by atoms with Gasteiger partial charge in [-0.2, -0.15) is 0 Å². The lowest BCUT2D eigenvalue weighted by Crippen LogP contribution is -2.40. The van der Waals surface area contributed by atoms with E-state index in [2.05, 4.69) is 17.3 Å². The number of amides is 1. The zero-order valence-corrected chi connectivity index (χ0v) is 11.7. The molecule has 0 aromatic rings. The molecule has 2 heterocycles. The van der Waals surface area contributed by atoms with Gasteiger partial charge < -0.3 is 10.2 Å². The molecule has 0 saturated carbocycles. The lowest BCUT2D eigenvalue weighted by molar-refractivity contribution is -0.126. The summed E-state index contributed by atoms with van der Waals surface area (Å²) in [5.74, 6) is 0.847. The van der Waals surface area contributed by atoms with E-state index in [9.17, 15) is 13.2 Å². The van der Waals surface area contributed by atoms with E-state index < -0.39 is 9.84 Å². The van der Waals surface area contributed by atoms with Crippen LogP contribution in [-0.2, 0) is 14.6 Å². The second-order valence-corrected chi connectivity index (χ2v) is 7.82. The normalized spacial score (nSPS) is 29.3. The van der Waals surface area contributed by atoms with Crippen molar-refractivity contribution in [2.24, 2.45) is 11.8 Å². The molecule has 0 radical (unpaired) electrons. The number of carbonyl (C=O) groups is 1. The highest BCUT2D eigenvalue weighted by molar-refractivity contribution is 7.91. The van der Waals surface area contributed by atoms with Gasteiger partial charge in [0.15, 0.2) is 9.84 Å². The quantitative estimate of drug-likeness (QED) is 0.779. The van der Waals surface area contributed by atoms with Crippen molar-refractivity contribution in [1.29, 1.82) is 0 Å². The Morgan fingerprint density at radius 1 is 1.28 bits per heavy atom. The molecule has 0 aromatic heterocycles. The molecule has 0 bridgehead atoms. The molecular weight excluding hydrogens is 252 g/mol. The third kappa shape index (κ3) is 3.68. The van der Waals surface area contributed by atoms with Crippen LogP contribution in [0.2, 0.25) is 0 Å². The van der Waals surface area contributed by atoms with E-state index in [-0.39, 0.29) is 29.2 Å². The highest BCUT2D eigenvalue weighted by atomic mass is 32.2. The lowest BCUT2D eigenvalue weighted by atomic mass is 9.96. The van der Waals surface area contributed by atoms with Crippen molar-refractivity contribution in [2.45, 2.75) is 19.3 Å². The van der Waals surface area contributed by atoms with Gasteiger partial charge in [0, 0.05) is 12.5 Å². The predicted molar refractivity (Wildman–Crippen MR) is 70.0 cm³/mol. The molecular formula is C12H22N2O3S. The van der Waals surface area contributed by atoms with Crippen LogP contribution in [0.25, 0.3) is 0 Å². The summed E-state index contributed by atoms with van der Waals surface area (Å²) in [6, 6.07) is 0. The molecule has 2 rings (SSSR count). The van der Waals surface area contributed by atoms with Crippen molar-refractivity contribution in [3.63, 3.8) is 0 Å². The Morgan fingerprint density at radius 3 is 2.50 bits per heavy atom. The number of hydrogen-bond acceptors (Lipinski definition) is 4. The van der Waals surface area contributed by atoms with Crippen LogP contribution in [0.15, 0.2) is 0 Å². The Labute approximate surface area is 109 Å². The molecule has 2 fully saturated rings. The molecule has 1 N–H and O–H groups in total. The Hall–Kier alpha value is -0.620. The smallest absolute Gasteiger partial charge is 0.223 e. The number of nitrogens with one attached hydrogen (secondary N) is 1. The maximum Gasteiger partial charge on any atom is 0.223 e. The molecule has 1 amide bonds.